The van der Waals surface area contributed by atoms with Crippen molar-refractivity contribution in [3.05, 3.63) is 35.4 Å². The van der Waals surface area contributed by atoms with Crippen molar-refractivity contribution in [1.29, 1.82) is 0 Å². The van der Waals surface area contributed by atoms with Gasteiger partial charge in [0.2, 0.25) is 5.91 Å². The summed E-state index contributed by atoms with van der Waals surface area (Å²) in [6.45, 7) is 3.94. The van der Waals surface area contributed by atoms with E-state index in [-0.39, 0.29) is 23.9 Å². The van der Waals surface area contributed by atoms with Gasteiger partial charge in [-0.15, -0.1) is 0 Å². The Morgan fingerprint density at radius 2 is 1.71 bits per heavy atom. The minimum absolute atomic E-state index is 0.00187. The number of fused-ring (bicyclic) bond motifs is 1. The first-order chi connectivity index (χ1) is 11.6. The maximum Gasteiger partial charge on any atom is 0.255 e. The van der Waals surface area contributed by atoms with Gasteiger partial charge in [0.1, 0.15) is 6.04 Å². The first-order valence-corrected chi connectivity index (χ1v) is 9.31. The van der Waals surface area contributed by atoms with Gasteiger partial charge >= 0.3 is 0 Å². The molecule has 3 rings (SSSR count). The van der Waals surface area contributed by atoms with Gasteiger partial charge in [0.05, 0.1) is 0 Å². The standard InChI is InChI=1S/C20H28N2O2/c1-14(2)22-18(16-12-8-9-13-17(16)20(22)24)19(23)21-15-10-6-4-3-5-7-11-15/h8-9,12-15,18H,3-7,10-11H2,1-2H3,(H,21,23)/t18-/m1/s1. The smallest absolute Gasteiger partial charge is 0.255 e. The maximum atomic E-state index is 13.0. The van der Waals surface area contributed by atoms with Crippen molar-refractivity contribution >= 4 is 11.8 Å². The molecule has 1 fully saturated rings. The Morgan fingerprint density at radius 1 is 1.08 bits per heavy atom. The molecule has 24 heavy (non-hydrogen) atoms. The number of nitrogens with one attached hydrogen (secondary N) is 1. The molecule has 1 saturated carbocycles. The van der Waals surface area contributed by atoms with E-state index < -0.39 is 6.04 Å². The lowest BCUT2D eigenvalue weighted by molar-refractivity contribution is -0.127. The summed E-state index contributed by atoms with van der Waals surface area (Å²) in [4.78, 5) is 27.4. The average molecular weight is 328 g/mol. The van der Waals surface area contributed by atoms with Crippen LogP contribution in [0, 0.1) is 0 Å². The fourth-order valence-corrected chi connectivity index (χ4v) is 4.02. The molecule has 0 aromatic heterocycles. The number of amides is 2. The Kier molecular flexibility index (Phi) is 5.22. The molecule has 1 heterocycles. The second-order valence-corrected chi connectivity index (χ2v) is 7.35. The molecule has 0 bridgehead atoms. The van der Waals surface area contributed by atoms with Gasteiger partial charge in [0.15, 0.2) is 0 Å². The van der Waals surface area contributed by atoms with Gasteiger partial charge < -0.3 is 10.2 Å². The van der Waals surface area contributed by atoms with Crippen LogP contribution in [0.25, 0.3) is 0 Å². The van der Waals surface area contributed by atoms with Crippen molar-refractivity contribution in [3.8, 4) is 0 Å². The van der Waals surface area contributed by atoms with E-state index in [0.717, 1.165) is 18.4 Å². The molecule has 2 amide bonds. The Labute approximate surface area is 144 Å². The molecule has 1 aliphatic heterocycles. The summed E-state index contributed by atoms with van der Waals surface area (Å²) in [5.41, 5.74) is 1.52. The van der Waals surface area contributed by atoms with Crippen LogP contribution in [-0.4, -0.2) is 28.8 Å². The van der Waals surface area contributed by atoms with E-state index in [9.17, 15) is 9.59 Å². The zero-order valence-corrected chi connectivity index (χ0v) is 14.8. The van der Waals surface area contributed by atoms with E-state index in [1.807, 2.05) is 38.1 Å². The van der Waals surface area contributed by atoms with Crippen LogP contribution in [0.5, 0.6) is 0 Å². The van der Waals surface area contributed by atoms with E-state index in [1.54, 1.807) is 4.90 Å². The molecule has 2 aliphatic rings. The summed E-state index contributed by atoms with van der Waals surface area (Å²) >= 11 is 0. The van der Waals surface area contributed by atoms with E-state index in [4.69, 9.17) is 0 Å². The van der Waals surface area contributed by atoms with Crippen LogP contribution in [0.4, 0.5) is 0 Å². The van der Waals surface area contributed by atoms with Crippen LogP contribution < -0.4 is 5.32 Å². The topological polar surface area (TPSA) is 49.4 Å². The average Bonchev–Trinajstić information content (AvgIpc) is 2.83. The molecule has 1 aromatic carbocycles. The van der Waals surface area contributed by atoms with Crippen LogP contribution in [0.3, 0.4) is 0 Å². The molecule has 1 aliphatic carbocycles. The lowest BCUT2D eigenvalue weighted by atomic mass is 9.96. The van der Waals surface area contributed by atoms with Crippen LogP contribution in [0.15, 0.2) is 24.3 Å². The largest absolute Gasteiger partial charge is 0.351 e. The number of carbonyl (C=O) groups is 2. The van der Waals surface area contributed by atoms with Gasteiger partial charge in [-0.2, -0.15) is 0 Å². The predicted octanol–water partition coefficient (Wildman–Crippen LogP) is 3.82. The van der Waals surface area contributed by atoms with Gasteiger partial charge in [-0.3, -0.25) is 9.59 Å². The number of rotatable bonds is 3. The molecule has 0 unspecified atom stereocenters. The number of nitrogens with zero attached hydrogens (tertiary/aromatic N) is 1. The van der Waals surface area contributed by atoms with Gasteiger partial charge in [-0.25, -0.2) is 0 Å². The fraction of sp³-hybridized carbons (Fsp3) is 0.600. The van der Waals surface area contributed by atoms with Crippen LogP contribution in [0.2, 0.25) is 0 Å². The van der Waals surface area contributed by atoms with E-state index >= 15 is 0 Å². The highest BCUT2D eigenvalue weighted by molar-refractivity contribution is 6.04. The number of carbonyl (C=O) groups excluding carboxylic acids is 2. The quantitative estimate of drug-likeness (QED) is 0.917. The summed E-state index contributed by atoms with van der Waals surface area (Å²) in [6.07, 6.45) is 8.29. The Bertz CT molecular complexity index is 603. The normalized spacial score (nSPS) is 22.2. The Balaban J connectivity index is 1.80. The van der Waals surface area contributed by atoms with E-state index in [2.05, 4.69) is 5.32 Å². The zero-order valence-electron chi connectivity index (χ0n) is 14.8. The first-order valence-electron chi connectivity index (χ1n) is 9.31. The summed E-state index contributed by atoms with van der Waals surface area (Å²) in [5.74, 6) is -0.0500. The van der Waals surface area contributed by atoms with Crippen molar-refractivity contribution in [2.45, 2.75) is 76.9 Å². The number of hydrogen-bond donors (Lipinski definition) is 1. The Hall–Kier alpha value is -1.84. The highest BCUT2D eigenvalue weighted by atomic mass is 16.2. The van der Waals surface area contributed by atoms with E-state index in [0.29, 0.717) is 5.56 Å². The highest BCUT2D eigenvalue weighted by Gasteiger charge is 2.42. The summed E-state index contributed by atoms with van der Waals surface area (Å²) in [7, 11) is 0. The zero-order chi connectivity index (χ0) is 17.1. The minimum Gasteiger partial charge on any atom is -0.351 e. The molecular weight excluding hydrogens is 300 g/mol. The second kappa shape index (κ2) is 7.37. The maximum absolute atomic E-state index is 13.0. The fourth-order valence-electron chi connectivity index (χ4n) is 4.02. The summed E-state index contributed by atoms with van der Waals surface area (Å²) in [5, 5.41) is 3.24. The SMILES string of the molecule is CC(C)N1C(=O)c2ccccc2[C@@H]1C(=O)NC1CCCCCCC1. The van der Waals surface area contributed by atoms with Gasteiger partial charge in [0, 0.05) is 17.6 Å². The molecular formula is C20H28N2O2. The third-order valence-electron chi connectivity index (χ3n) is 5.25. The van der Waals surface area contributed by atoms with Gasteiger partial charge in [-0.05, 0) is 38.3 Å². The van der Waals surface area contributed by atoms with Crippen molar-refractivity contribution in [2.75, 3.05) is 0 Å². The molecule has 4 nitrogen and oxygen atoms in total. The van der Waals surface area contributed by atoms with Crippen molar-refractivity contribution < 1.29 is 9.59 Å². The molecule has 0 saturated heterocycles. The highest BCUT2D eigenvalue weighted by Crippen LogP contribution is 2.35. The minimum atomic E-state index is -0.487. The second-order valence-electron chi connectivity index (χ2n) is 7.35. The number of benzene rings is 1. The third kappa shape index (κ3) is 3.33. The van der Waals surface area contributed by atoms with Gasteiger partial charge in [0.25, 0.3) is 5.91 Å². The summed E-state index contributed by atoms with van der Waals surface area (Å²) in [6, 6.07) is 7.27. The third-order valence-corrected chi connectivity index (χ3v) is 5.25. The molecule has 1 aromatic rings. The van der Waals surface area contributed by atoms with Crippen molar-refractivity contribution in [3.63, 3.8) is 0 Å². The molecule has 0 spiro atoms. The van der Waals surface area contributed by atoms with Crippen LogP contribution >= 0.6 is 0 Å². The molecule has 0 radical (unpaired) electrons. The van der Waals surface area contributed by atoms with Crippen LogP contribution in [-0.2, 0) is 4.79 Å². The summed E-state index contributed by atoms with van der Waals surface area (Å²) < 4.78 is 0. The lowest BCUT2D eigenvalue weighted by Crippen LogP contribution is -2.45. The molecule has 1 N–H and O–H groups in total. The monoisotopic (exact) mass is 328 g/mol. The predicted molar refractivity (Wildman–Crippen MR) is 94.7 cm³/mol. The van der Waals surface area contributed by atoms with E-state index in [1.165, 1.54) is 32.1 Å². The molecule has 1 atom stereocenters. The van der Waals surface area contributed by atoms with Crippen LogP contribution in [0.1, 0.15) is 80.8 Å². The Morgan fingerprint density at radius 3 is 2.38 bits per heavy atom. The molecule has 4 heteroatoms. The van der Waals surface area contributed by atoms with Crippen molar-refractivity contribution in [1.82, 2.24) is 10.2 Å². The molecule has 130 valence electrons. The van der Waals surface area contributed by atoms with Gasteiger partial charge in [-0.1, -0.05) is 50.3 Å². The number of hydrogen-bond acceptors (Lipinski definition) is 2. The van der Waals surface area contributed by atoms with Crippen molar-refractivity contribution in [2.24, 2.45) is 0 Å². The lowest BCUT2D eigenvalue weighted by Gasteiger charge is -2.30. The first kappa shape index (κ1) is 17.0.